The van der Waals surface area contributed by atoms with Crippen molar-refractivity contribution in [1.82, 2.24) is 5.32 Å². The number of carbonyl (C=O) groups excluding carboxylic acids is 1. The lowest BCUT2D eigenvalue weighted by molar-refractivity contribution is 0.0923. The Morgan fingerprint density at radius 1 is 1.40 bits per heavy atom. The molecule has 3 N–H and O–H groups in total. The SMILES string of the molecule is CC1(C)Cc2sc(C(=O)NC(C)(C)C)c(/C=N/N)c2C1. The average molecular weight is 293 g/mol. The van der Waals surface area contributed by atoms with E-state index in [4.69, 9.17) is 5.84 Å². The van der Waals surface area contributed by atoms with Crippen molar-refractivity contribution in [2.45, 2.75) is 53.0 Å². The van der Waals surface area contributed by atoms with Gasteiger partial charge >= 0.3 is 0 Å². The average Bonchev–Trinajstić information content (AvgIpc) is 2.70. The van der Waals surface area contributed by atoms with Gasteiger partial charge in [0.2, 0.25) is 0 Å². The van der Waals surface area contributed by atoms with Gasteiger partial charge in [-0.1, -0.05) is 13.8 Å². The summed E-state index contributed by atoms with van der Waals surface area (Å²) in [4.78, 5) is 14.4. The molecule has 20 heavy (non-hydrogen) atoms. The van der Waals surface area contributed by atoms with E-state index in [9.17, 15) is 4.79 Å². The second kappa shape index (κ2) is 4.88. The third-order valence-corrected chi connectivity index (χ3v) is 4.57. The van der Waals surface area contributed by atoms with Crippen LogP contribution in [0.2, 0.25) is 0 Å². The molecule has 5 heteroatoms. The van der Waals surface area contributed by atoms with Crippen molar-refractivity contribution < 1.29 is 4.79 Å². The van der Waals surface area contributed by atoms with Gasteiger partial charge in [-0.05, 0) is 44.6 Å². The van der Waals surface area contributed by atoms with Crippen molar-refractivity contribution in [3.8, 4) is 0 Å². The Labute approximate surface area is 124 Å². The van der Waals surface area contributed by atoms with Crippen molar-refractivity contribution in [3.05, 3.63) is 20.9 Å². The highest BCUT2D eigenvalue weighted by atomic mass is 32.1. The van der Waals surface area contributed by atoms with Crippen LogP contribution in [0.5, 0.6) is 0 Å². The normalized spacial score (nSPS) is 17.4. The topological polar surface area (TPSA) is 67.5 Å². The van der Waals surface area contributed by atoms with Crippen LogP contribution in [0.4, 0.5) is 0 Å². The molecular weight excluding hydrogens is 270 g/mol. The number of amides is 1. The van der Waals surface area contributed by atoms with Crippen LogP contribution in [0.15, 0.2) is 5.10 Å². The van der Waals surface area contributed by atoms with Gasteiger partial charge in [-0.15, -0.1) is 11.3 Å². The monoisotopic (exact) mass is 293 g/mol. The quantitative estimate of drug-likeness (QED) is 0.500. The molecule has 0 atom stereocenters. The Morgan fingerprint density at radius 2 is 2.05 bits per heavy atom. The zero-order valence-corrected chi connectivity index (χ0v) is 13.6. The summed E-state index contributed by atoms with van der Waals surface area (Å²) in [6, 6.07) is 0. The van der Waals surface area contributed by atoms with Gasteiger partial charge in [-0.2, -0.15) is 5.10 Å². The summed E-state index contributed by atoms with van der Waals surface area (Å²) in [5.74, 6) is 5.28. The molecule has 0 aromatic carbocycles. The molecule has 0 spiro atoms. The number of hydrazone groups is 1. The predicted molar refractivity (Wildman–Crippen MR) is 84.5 cm³/mol. The summed E-state index contributed by atoms with van der Waals surface area (Å²) in [7, 11) is 0. The first-order chi connectivity index (χ1) is 9.13. The maximum Gasteiger partial charge on any atom is 0.262 e. The standard InChI is InChI=1S/C15H23N3OS/c1-14(2,3)18-13(19)12-10(8-17-16)9-6-15(4,5)7-11(9)20-12/h8H,6-7,16H2,1-5H3,(H,18,19)/b17-8+. The van der Waals surface area contributed by atoms with Crippen LogP contribution < -0.4 is 11.2 Å². The van der Waals surface area contributed by atoms with Crippen molar-refractivity contribution >= 4 is 23.5 Å². The number of nitrogens with two attached hydrogens (primary N) is 1. The molecule has 0 bridgehead atoms. The second-order valence-electron chi connectivity index (χ2n) is 7.25. The van der Waals surface area contributed by atoms with Gasteiger partial charge in [0.25, 0.3) is 5.91 Å². The molecule has 1 aliphatic carbocycles. The number of rotatable bonds is 2. The van der Waals surface area contributed by atoms with Gasteiger partial charge in [0, 0.05) is 16.0 Å². The van der Waals surface area contributed by atoms with Gasteiger partial charge in [-0.3, -0.25) is 4.79 Å². The van der Waals surface area contributed by atoms with Crippen molar-refractivity contribution in [2.75, 3.05) is 0 Å². The van der Waals surface area contributed by atoms with E-state index in [1.54, 1.807) is 17.6 Å². The van der Waals surface area contributed by atoms with E-state index in [1.165, 1.54) is 10.4 Å². The molecule has 0 saturated heterocycles. The second-order valence-corrected chi connectivity index (χ2v) is 8.35. The van der Waals surface area contributed by atoms with E-state index >= 15 is 0 Å². The minimum atomic E-state index is -0.248. The zero-order valence-electron chi connectivity index (χ0n) is 12.8. The van der Waals surface area contributed by atoms with Gasteiger partial charge in [0.1, 0.15) is 4.88 Å². The molecule has 1 aromatic heterocycles. The number of hydrogen-bond donors (Lipinski definition) is 2. The molecule has 0 unspecified atom stereocenters. The summed E-state index contributed by atoms with van der Waals surface area (Å²) in [6.07, 6.45) is 3.61. The first-order valence-electron chi connectivity index (χ1n) is 6.83. The fraction of sp³-hybridized carbons (Fsp3) is 0.600. The van der Waals surface area contributed by atoms with E-state index in [2.05, 4.69) is 24.3 Å². The van der Waals surface area contributed by atoms with Crippen LogP contribution in [0.3, 0.4) is 0 Å². The maximum atomic E-state index is 12.4. The lowest BCUT2D eigenvalue weighted by atomic mass is 9.90. The molecule has 1 aliphatic rings. The molecule has 0 saturated carbocycles. The molecule has 110 valence electrons. The minimum Gasteiger partial charge on any atom is -0.347 e. The Kier molecular flexibility index (Phi) is 3.67. The molecule has 1 aromatic rings. The van der Waals surface area contributed by atoms with Crippen LogP contribution in [0.1, 0.15) is 60.3 Å². The molecule has 1 heterocycles. The first kappa shape index (κ1) is 15.0. The summed E-state index contributed by atoms with van der Waals surface area (Å²) in [5, 5.41) is 6.66. The van der Waals surface area contributed by atoms with E-state index in [0.29, 0.717) is 0 Å². The molecule has 0 aliphatic heterocycles. The largest absolute Gasteiger partial charge is 0.347 e. The number of carbonyl (C=O) groups is 1. The summed E-state index contributed by atoms with van der Waals surface area (Å²) in [5.41, 5.74) is 2.16. The van der Waals surface area contributed by atoms with Gasteiger partial charge < -0.3 is 11.2 Å². The number of hydrogen-bond acceptors (Lipinski definition) is 4. The Hall–Kier alpha value is -1.36. The van der Waals surface area contributed by atoms with Crippen LogP contribution in [0, 0.1) is 5.41 Å². The van der Waals surface area contributed by atoms with E-state index in [-0.39, 0.29) is 16.9 Å². The Balaban J connectivity index is 2.39. The van der Waals surface area contributed by atoms with Crippen LogP contribution >= 0.6 is 11.3 Å². The van der Waals surface area contributed by atoms with Crippen molar-refractivity contribution in [2.24, 2.45) is 16.4 Å². The number of nitrogens with one attached hydrogen (secondary N) is 1. The van der Waals surface area contributed by atoms with Crippen LogP contribution in [-0.4, -0.2) is 17.7 Å². The molecule has 2 rings (SSSR count). The third-order valence-electron chi connectivity index (χ3n) is 3.32. The van der Waals surface area contributed by atoms with E-state index in [0.717, 1.165) is 23.3 Å². The molecule has 1 amide bonds. The van der Waals surface area contributed by atoms with Crippen molar-refractivity contribution in [3.63, 3.8) is 0 Å². The van der Waals surface area contributed by atoms with Gasteiger partial charge in [0.15, 0.2) is 0 Å². The smallest absolute Gasteiger partial charge is 0.262 e. The van der Waals surface area contributed by atoms with Crippen LogP contribution in [0.25, 0.3) is 0 Å². The molecule has 0 fully saturated rings. The molecular formula is C15H23N3OS. The predicted octanol–water partition coefficient (Wildman–Crippen LogP) is 2.69. The number of fused-ring (bicyclic) bond motifs is 1. The Bertz CT molecular complexity index is 564. The Morgan fingerprint density at radius 3 is 2.60 bits per heavy atom. The molecule has 0 radical (unpaired) electrons. The molecule has 4 nitrogen and oxygen atoms in total. The fourth-order valence-corrected chi connectivity index (χ4v) is 4.06. The van der Waals surface area contributed by atoms with Gasteiger partial charge in [-0.25, -0.2) is 0 Å². The lowest BCUT2D eigenvalue weighted by Gasteiger charge is -2.21. The maximum absolute atomic E-state index is 12.4. The fourth-order valence-electron chi connectivity index (χ4n) is 2.62. The van der Waals surface area contributed by atoms with Gasteiger partial charge in [0.05, 0.1) is 6.21 Å². The van der Waals surface area contributed by atoms with Crippen LogP contribution in [-0.2, 0) is 12.8 Å². The van der Waals surface area contributed by atoms with E-state index < -0.39 is 0 Å². The summed E-state index contributed by atoms with van der Waals surface area (Å²) in [6.45, 7) is 10.4. The first-order valence-corrected chi connectivity index (χ1v) is 7.65. The third kappa shape index (κ3) is 3.03. The minimum absolute atomic E-state index is 0.0374. The van der Waals surface area contributed by atoms with Crippen molar-refractivity contribution in [1.29, 1.82) is 0 Å². The highest BCUT2D eigenvalue weighted by molar-refractivity contribution is 7.14. The summed E-state index contributed by atoms with van der Waals surface area (Å²) < 4.78 is 0. The van der Waals surface area contributed by atoms with E-state index in [1.807, 2.05) is 20.8 Å². The highest BCUT2D eigenvalue weighted by Gasteiger charge is 2.35. The summed E-state index contributed by atoms with van der Waals surface area (Å²) >= 11 is 1.58. The number of nitrogens with zero attached hydrogens (tertiary/aromatic N) is 1. The zero-order chi connectivity index (χ0) is 15.1. The lowest BCUT2D eigenvalue weighted by Crippen LogP contribution is -2.40. The highest BCUT2D eigenvalue weighted by Crippen LogP contribution is 2.43. The number of thiophene rings is 1.